The first kappa shape index (κ1) is 14.8. The lowest BCUT2D eigenvalue weighted by Crippen LogP contribution is -2.23. The summed E-state index contributed by atoms with van der Waals surface area (Å²) in [6.07, 6.45) is 0.977. The van der Waals surface area contributed by atoms with Crippen molar-refractivity contribution in [2.75, 3.05) is 6.61 Å². The summed E-state index contributed by atoms with van der Waals surface area (Å²) >= 11 is 0. The Balaban J connectivity index is 2.50. The van der Waals surface area contributed by atoms with Gasteiger partial charge in [-0.1, -0.05) is 36.9 Å². The van der Waals surface area contributed by atoms with Crippen LogP contribution in [0.2, 0.25) is 0 Å². The fraction of sp³-hybridized carbons (Fsp3) is 0.286. The van der Waals surface area contributed by atoms with Crippen LogP contribution in [0.3, 0.4) is 0 Å². The van der Waals surface area contributed by atoms with E-state index in [1.807, 2.05) is 0 Å². The molecule has 0 fully saturated rings. The number of benzene rings is 1. The van der Waals surface area contributed by atoms with Crippen molar-refractivity contribution in [3.05, 3.63) is 48.0 Å². The van der Waals surface area contributed by atoms with E-state index < -0.39 is 18.0 Å². The van der Waals surface area contributed by atoms with Crippen LogP contribution in [0.1, 0.15) is 24.0 Å². The molecule has 1 amide bonds. The zero-order valence-electron chi connectivity index (χ0n) is 10.8. The predicted molar refractivity (Wildman–Crippen MR) is 70.9 cm³/mol. The summed E-state index contributed by atoms with van der Waals surface area (Å²) in [6, 6.07) is 7.04. The van der Waals surface area contributed by atoms with Crippen molar-refractivity contribution in [2.24, 2.45) is 0 Å². The van der Waals surface area contributed by atoms with Crippen LogP contribution in [0, 0.1) is 0 Å². The van der Waals surface area contributed by atoms with Crippen LogP contribution in [0.25, 0.3) is 0 Å². The Labute approximate surface area is 111 Å². The highest BCUT2D eigenvalue weighted by Gasteiger charge is 2.12. The van der Waals surface area contributed by atoms with Gasteiger partial charge in [-0.2, -0.15) is 0 Å². The number of nitrogens with one attached hydrogen (secondary N) is 1. The number of amides is 1. The smallest absolute Gasteiger partial charge is 0.407 e. The van der Waals surface area contributed by atoms with Crippen LogP contribution >= 0.6 is 0 Å². The minimum atomic E-state index is -0.862. The molecule has 0 aromatic heterocycles. The Morgan fingerprint density at radius 2 is 2.05 bits per heavy atom. The molecule has 0 saturated carbocycles. The van der Waals surface area contributed by atoms with Crippen molar-refractivity contribution in [3.8, 4) is 0 Å². The zero-order valence-corrected chi connectivity index (χ0v) is 10.8. The molecule has 5 heteroatoms. The lowest BCUT2D eigenvalue weighted by molar-refractivity contribution is -0.138. The molecule has 1 aromatic rings. The van der Waals surface area contributed by atoms with Gasteiger partial charge in [0.05, 0.1) is 5.92 Å². The molecule has 19 heavy (non-hydrogen) atoms. The summed E-state index contributed by atoms with van der Waals surface area (Å²) < 4.78 is 4.76. The SMILES string of the molecule is C=CCOC(=O)NCc1ccc(C(C)C(=O)O)cc1. The number of ether oxygens (including phenoxy) is 1. The molecule has 0 spiro atoms. The van der Waals surface area contributed by atoms with Crippen molar-refractivity contribution >= 4 is 12.1 Å². The van der Waals surface area contributed by atoms with Gasteiger partial charge in [-0.15, -0.1) is 0 Å². The molecule has 1 unspecified atom stereocenters. The summed E-state index contributed by atoms with van der Waals surface area (Å²) in [5, 5.41) is 11.5. The van der Waals surface area contributed by atoms with Gasteiger partial charge in [-0.25, -0.2) is 4.79 Å². The van der Waals surface area contributed by atoms with Crippen molar-refractivity contribution in [2.45, 2.75) is 19.4 Å². The second-order valence-electron chi connectivity index (χ2n) is 4.04. The molecule has 0 radical (unpaired) electrons. The second kappa shape index (κ2) is 7.20. The number of carbonyl (C=O) groups is 2. The van der Waals surface area contributed by atoms with Crippen molar-refractivity contribution < 1.29 is 19.4 Å². The van der Waals surface area contributed by atoms with E-state index in [1.54, 1.807) is 31.2 Å². The first-order valence-electron chi connectivity index (χ1n) is 5.87. The highest BCUT2D eigenvalue weighted by molar-refractivity contribution is 5.75. The van der Waals surface area contributed by atoms with E-state index in [0.717, 1.165) is 11.1 Å². The number of hydrogen-bond acceptors (Lipinski definition) is 3. The third-order valence-electron chi connectivity index (χ3n) is 2.62. The number of carboxylic acid groups (broad SMARTS) is 1. The number of carboxylic acids is 1. The van der Waals surface area contributed by atoms with E-state index >= 15 is 0 Å². The molecular weight excluding hydrogens is 246 g/mol. The largest absolute Gasteiger partial charge is 0.481 e. The Bertz CT molecular complexity index is 453. The van der Waals surface area contributed by atoms with E-state index in [1.165, 1.54) is 6.08 Å². The van der Waals surface area contributed by atoms with Crippen LogP contribution in [0.4, 0.5) is 4.79 Å². The fourth-order valence-electron chi connectivity index (χ4n) is 1.43. The van der Waals surface area contributed by atoms with Gasteiger partial charge in [0.1, 0.15) is 6.61 Å². The quantitative estimate of drug-likeness (QED) is 0.772. The van der Waals surface area contributed by atoms with E-state index in [0.29, 0.717) is 6.54 Å². The number of rotatable bonds is 6. The molecule has 0 aliphatic rings. The lowest BCUT2D eigenvalue weighted by atomic mass is 10.0. The molecular formula is C14H17NO4. The molecule has 0 saturated heterocycles. The topological polar surface area (TPSA) is 75.6 Å². The maximum absolute atomic E-state index is 11.2. The molecule has 1 rings (SSSR count). The van der Waals surface area contributed by atoms with E-state index in [9.17, 15) is 9.59 Å². The van der Waals surface area contributed by atoms with Gasteiger partial charge in [0.2, 0.25) is 0 Å². The van der Waals surface area contributed by atoms with Gasteiger partial charge in [-0.05, 0) is 18.1 Å². The van der Waals surface area contributed by atoms with Crippen molar-refractivity contribution in [3.63, 3.8) is 0 Å². The van der Waals surface area contributed by atoms with E-state index in [2.05, 4.69) is 11.9 Å². The molecule has 0 heterocycles. The summed E-state index contributed by atoms with van der Waals surface area (Å²) in [5.41, 5.74) is 1.60. The van der Waals surface area contributed by atoms with E-state index in [-0.39, 0.29) is 6.61 Å². The molecule has 102 valence electrons. The molecule has 5 nitrogen and oxygen atoms in total. The van der Waals surface area contributed by atoms with Gasteiger partial charge in [-0.3, -0.25) is 4.79 Å². The maximum Gasteiger partial charge on any atom is 0.407 e. The third-order valence-corrected chi connectivity index (χ3v) is 2.62. The van der Waals surface area contributed by atoms with Crippen LogP contribution in [-0.4, -0.2) is 23.8 Å². The van der Waals surface area contributed by atoms with Gasteiger partial charge >= 0.3 is 12.1 Å². The number of hydrogen-bond donors (Lipinski definition) is 2. The number of alkyl carbamates (subject to hydrolysis) is 1. The van der Waals surface area contributed by atoms with Gasteiger partial charge in [0.15, 0.2) is 0 Å². The molecule has 1 aromatic carbocycles. The molecule has 0 bridgehead atoms. The lowest BCUT2D eigenvalue weighted by Gasteiger charge is -2.08. The summed E-state index contributed by atoms with van der Waals surface area (Å²) in [6.45, 7) is 5.56. The standard InChI is InChI=1S/C14H17NO4/c1-3-8-19-14(18)15-9-11-4-6-12(7-5-11)10(2)13(16)17/h3-7,10H,1,8-9H2,2H3,(H,15,18)(H,16,17). The Hall–Kier alpha value is -2.30. The monoisotopic (exact) mass is 263 g/mol. The van der Waals surface area contributed by atoms with Crippen LogP contribution in [0.15, 0.2) is 36.9 Å². The predicted octanol–water partition coefficient (Wildman–Crippen LogP) is 2.29. The minimum Gasteiger partial charge on any atom is -0.481 e. The fourth-order valence-corrected chi connectivity index (χ4v) is 1.43. The highest BCUT2D eigenvalue weighted by Crippen LogP contribution is 2.15. The summed E-state index contributed by atoms with van der Waals surface area (Å²) in [5.74, 6) is -1.40. The normalized spacial score (nSPS) is 11.4. The van der Waals surface area contributed by atoms with E-state index in [4.69, 9.17) is 9.84 Å². The maximum atomic E-state index is 11.2. The van der Waals surface area contributed by atoms with Gasteiger partial charge in [0.25, 0.3) is 0 Å². The zero-order chi connectivity index (χ0) is 14.3. The Morgan fingerprint density at radius 1 is 1.42 bits per heavy atom. The molecule has 2 N–H and O–H groups in total. The summed E-state index contributed by atoms with van der Waals surface area (Å²) in [7, 11) is 0. The first-order chi connectivity index (χ1) is 9.04. The Kier molecular flexibility index (Phi) is 5.60. The average Bonchev–Trinajstić information content (AvgIpc) is 2.42. The summed E-state index contributed by atoms with van der Waals surface area (Å²) in [4.78, 5) is 22.0. The highest BCUT2D eigenvalue weighted by atomic mass is 16.5. The van der Waals surface area contributed by atoms with Gasteiger partial charge < -0.3 is 15.2 Å². The van der Waals surface area contributed by atoms with Crippen LogP contribution < -0.4 is 5.32 Å². The second-order valence-corrected chi connectivity index (χ2v) is 4.04. The third kappa shape index (κ3) is 4.83. The van der Waals surface area contributed by atoms with Crippen molar-refractivity contribution in [1.29, 1.82) is 0 Å². The average molecular weight is 263 g/mol. The van der Waals surface area contributed by atoms with Crippen molar-refractivity contribution in [1.82, 2.24) is 5.32 Å². The number of aliphatic carboxylic acids is 1. The molecule has 1 atom stereocenters. The minimum absolute atomic E-state index is 0.168. The van der Waals surface area contributed by atoms with Crippen LogP contribution in [-0.2, 0) is 16.1 Å². The van der Waals surface area contributed by atoms with Crippen LogP contribution in [0.5, 0.6) is 0 Å². The molecule has 0 aliphatic carbocycles. The number of carbonyl (C=O) groups excluding carboxylic acids is 1. The first-order valence-corrected chi connectivity index (χ1v) is 5.87. The molecule has 0 aliphatic heterocycles. The van der Waals surface area contributed by atoms with Gasteiger partial charge in [0, 0.05) is 6.54 Å². The Morgan fingerprint density at radius 3 is 2.58 bits per heavy atom.